The summed E-state index contributed by atoms with van der Waals surface area (Å²) in [5.41, 5.74) is 1.85. The summed E-state index contributed by atoms with van der Waals surface area (Å²) in [6.07, 6.45) is 3.21. The molecule has 3 heterocycles. The quantitative estimate of drug-likeness (QED) is 0.886. The van der Waals surface area contributed by atoms with Gasteiger partial charge in [0.25, 0.3) is 0 Å². The Morgan fingerprint density at radius 3 is 3.20 bits per heavy atom. The maximum Gasteiger partial charge on any atom is 0.306 e. The molecule has 3 rings (SSSR count). The van der Waals surface area contributed by atoms with Gasteiger partial charge >= 0.3 is 5.97 Å². The van der Waals surface area contributed by atoms with E-state index in [4.69, 9.17) is 9.84 Å². The van der Waals surface area contributed by atoms with Crippen LogP contribution >= 0.6 is 0 Å². The minimum Gasteiger partial charge on any atom is -0.481 e. The smallest absolute Gasteiger partial charge is 0.306 e. The standard InChI is InChI=1S/C13H16N4O3/c1-16-8-15-12-10(16)2-3-14-13(12)17-4-5-20-9(7-17)6-11(18)19/h2-3,8-9H,4-7H2,1H3,(H,18,19). The normalized spacial score (nSPS) is 19.4. The van der Waals surface area contributed by atoms with E-state index in [1.807, 2.05) is 22.6 Å². The molecule has 1 aliphatic rings. The minimum atomic E-state index is -0.846. The zero-order valence-corrected chi connectivity index (χ0v) is 11.2. The van der Waals surface area contributed by atoms with Crippen molar-refractivity contribution in [1.29, 1.82) is 0 Å². The number of rotatable bonds is 3. The van der Waals surface area contributed by atoms with E-state index in [-0.39, 0.29) is 12.5 Å². The van der Waals surface area contributed by atoms with E-state index in [1.54, 1.807) is 12.5 Å². The molecule has 0 bridgehead atoms. The summed E-state index contributed by atoms with van der Waals surface area (Å²) in [4.78, 5) is 21.6. The van der Waals surface area contributed by atoms with Crippen LogP contribution in [0.5, 0.6) is 0 Å². The number of morpholine rings is 1. The van der Waals surface area contributed by atoms with Gasteiger partial charge in [-0.25, -0.2) is 9.97 Å². The van der Waals surface area contributed by atoms with Crippen molar-refractivity contribution in [3.8, 4) is 0 Å². The van der Waals surface area contributed by atoms with E-state index in [9.17, 15) is 4.79 Å². The number of carbonyl (C=O) groups is 1. The molecule has 0 spiro atoms. The maximum atomic E-state index is 10.8. The lowest BCUT2D eigenvalue weighted by Gasteiger charge is -2.33. The fourth-order valence-corrected chi connectivity index (χ4v) is 2.51. The van der Waals surface area contributed by atoms with Gasteiger partial charge in [0.15, 0.2) is 5.82 Å². The Morgan fingerprint density at radius 1 is 1.55 bits per heavy atom. The minimum absolute atomic E-state index is 0.00863. The molecule has 0 amide bonds. The van der Waals surface area contributed by atoms with Crippen LogP contribution in [0.1, 0.15) is 6.42 Å². The summed E-state index contributed by atoms with van der Waals surface area (Å²) in [5, 5.41) is 8.87. The van der Waals surface area contributed by atoms with Crippen LogP contribution < -0.4 is 4.90 Å². The van der Waals surface area contributed by atoms with Crippen molar-refractivity contribution < 1.29 is 14.6 Å². The van der Waals surface area contributed by atoms with Gasteiger partial charge in [-0.3, -0.25) is 4.79 Å². The molecule has 0 aliphatic carbocycles. The van der Waals surface area contributed by atoms with Crippen molar-refractivity contribution in [2.45, 2.75) is 12.5 Å². The van der Waals surface area contributed by atoms with Crippen LogP contribution in [0.4, 0.5) is 5.82 Å². The van der Waals surface area contributed by atoms with E-state index in [1.165, 1.54) is 0 Å². The zero-order chi connectivity index (χ0) is 14.1. The van der Waals surface area contributed by atoms with Gasteiger partial charge in [-0.1, -0.05) is 0 Å². The van der Waals surface area contributed by atoms with Gasteiger partial charge in [0.1, 0.15) is 5.52 Å². The molecule has 20 heavy (non-hydrogen) atoms. The second kappa shape index (κ2) is 5.09. The highest BCUT2D eigenvalue weighted by Gasteiger charge is 2.25. The van der Waals surface area contributed by atoms with Crippen molar-refractivity contribution in [1.82, 2.24) is 14.5 Å². The Hall–Kier alpha value is -2.15. The molecule has 106 valence electrons. The number of imidazole rings is 1. The lowest BCUT2D eigenvalue weighted by molar-refractivity contribution is -0.140. The van der Waals surface area contributed by atoms with Crippen LogP contribution in [0.25, 0.3) is 11.0 Å². The average Bonchev–Trinajstić information content (AvgIpc) is 2.80. The topological polar surface area (TPSA) is 80.5 Å². The monoisotopic (exact) mass is 276 g/mol. The first-order valence-electron chi connectivity index (χ1n) is 6.49. The van der Waals surface area contributed by atoms with Crippen LogP contribution in [-0.4, -0.2) is 51.4 Å². The Balaban J connectivity index is 1.88. The van der Waals surface area contributed by atoms with Gasteiger partial charge in [0.2, 0.25) is 0 Å². The van der Waals surface area contributed by atoms with E-state index >= 15 is 0 Å². The highest BCUT2D eigenvalue weighted by Crippen LogP contribution is 2.24. The van der Waals surface area contributed by atoms with E-state index in [2.05, 4.69) is 9.97 Å². The second-order valence-corrected chi connectivity index (χ2v) is 4.89. The van der Waals surface area contributed by atoms with Gasteiger partial charge < -0.3 is 19.3 Å². The van der Waals surface area contributed by atoms with Crippen LogP contribution in [0.15, 0.2) is 18.6 Å². The highest BCUT2D eigenvalue weighted by molar-refractivity contribution is 5.86. The van der Waals surface area contributed by atoms with Gasteiger partial charge in [-0.05, 0) is 6.07 Å². The number of hydrogen-bond acceptors (Lipinski definition) is 5. The lowest BCUT2D eigenvalue weighted by Crippen LogP contribution is -2.43. The summed E-state index contributed by atoms with van der Waals surface area (Å²) in [6, 6.07) is 1.92. The maximum absolute atomic E-state index is 10.8. The lowest BCUT2D eigenvalue weighted by atomic mass is 10.2. The summed E-state index contributed by atoms with van der Waals surface area (Å²) < 4.78 is 7.42. The van der Waals surface area contributed by atoms with Gasteiger partial charge in [0, 0.05) is 26.3 Å². The molecule has 2 aromatic heterocycles. The molecule has 0 radical (unpaired) electrons. The Bertz CT molecular complexity index is 640. The average molecular weight is 276 g/mol. The van der Waals surface area contributed by atoms with Crippen molar-refractivity contribution in [2.24, 2.45) is 7.05 Å². The number of anilines is 1. The van der Waals surface area contributed by atoms with E-state index in [0.29, 0.717) is 19.7 Å². The van der Waals surface area contributed by atoms with Crippen LogP contribution in [0, 0.1) is 0 Å². The number of aliphatic carboxylic acids is 1. The first-order chi connectivity index (χ1) is 9.65. The van der Waals surface area contributed by atoms with Gasteiger partial charge in [-0.15, -0.1) is 0 Å². The van der Waals surface area contributed by atoms with Crippen molar-refractivity contribution in [3.05, 3.63) is 18.6 Å². The second-order valence-electron chi connectivity index (χ2n) is 4.89. The SMILES string of the molecule is Cn1cnc2c(N3CCOC(CC(=O)O)C3)nccc21. The fourth-order valence-electron chi connectivity index (χ4n) is 2.51. The number of pyridine rings is 1. The highest BCUT2D eigenvalue weighted by atomic mass is 16.5. The number of aryl methyl sites for hydroxylation is 1. The number of hydrogen-bond donors (Lipinski definition) is 1. The summed E-state index contributed by atoms with van der Waals surface area (Å²) in [5.74, 6) is -0.0531. The summed E-state index contributed by atoms with van der Waals surface area (Å²) in [6.45, 7) is 1.72. The van der Waals surface area contributed by atoms with Crippen LogP contribution in [0.3, 0.4) is 0 Å². The number of fused-ring (bicyclic) bond motifs is 1. The number of carboxylic acids is 1. The molecule has 1 aliphatic heterocycles. The largest absolute Gasteiger partial charge is 0.481 e. The zero-order valence-electron chi connectivity index (χ0n) is 11.2. The predicted octanol–water partition coefficient (Wildman–Crippen LogP) is 0.648. The van der Waals surface area contributed by atoms with Gasteiger partial charge in [0.05, 0.1) is 31.0 Å². The molecule has 1 saturated heterocycles. The Morgan fingerprint density at radius 2 is 2.40 bits per heavy atom. The molecule has 0 saturated carbocycles. The third kappa shape index (κ3) is 2.32. The molecule has 0 aromatic carbocycles. The number of nitrogens with zero attached hydrogens (tertiary/aromatic N) is 4. The Labute approximate surface area is 115 Å². The first-order valence-corrected chi connectivity index (χ1v) is 6.49. The molecule has 2 aromatic rings. The molecule has 1 atom stereocenters. The number of ether oxygens (including phenoxy) is 1. The molecular weight excluding hydrogens is 260 g/mol. The molecule has 1 unspecified atom stereocenters. The van der Waals surface area contributed by atoms with E-state index < -0.39 is 5.97 Å². The molecule has 7 heteroatoms. The molecule has 1 fully saturated rings. The Kier molecular flexibility index (Phi) is 3.27. The number of carboxylic acid groups (broad SMARTS) is 1. The van der Waals surface area contributed by atoms with Crippen molar-refractivity contribution >= 4 is 22.8 Å². The van der Waals surface area contributed by atoms with Crippen molar-refractivity contribution in [3.63, 3.8) is 0 Å². The van der Waals surface area contributed by atoms with E-state index in [0.717, 1.165) is 16.9 Å². The third-order valence-corrected chi connectivity index (χ3v) is 3.46. The molecule has 1 N–H and O–H groups in total. The molecular formula is C13H16N4O3. The van der Waals surface area contributed by atoms with Crippen LogP contribution in [-0.2, 0) is 16.6 Å². The fraction of sp³-hybridized carbons (Fsp3) is 0.462. The first kappa shape index (κ1) is 12.9. The summed E-state index contributed by atoms with van der Waals surface area (Å²) >= 11 is 0. The van der Waals surface area contributed by atoms with Crippen LogP contribution in [0.2, 0.25) is 0 Å². The number of aromatic nitrogens is 3. The van der Waals surface area contributed by atoms with Crippen molar-refractivity contribution in [2.75, 3.05) is 24.6 Å². The molecule has 7 nitrogen and oxygen atoms in total. The summed E-state index contributed by atoms with van der Waals surface area (Å²) in [7, 11) is 1.94. The predicted molar refractivity (Wildman–Crippen MR) is 72.7 cm³/mol. The third-order valence-electron chi connectivity index (χ3n) is 3.46. The van der Waals surface area contributed by atoms with Gasteiger partial charge in [-0.2, -0.15) is 0 Å².